The molecule has 2 atom stereocenters. The van der Waals surface area contributed by atoms with Gasteiger partial charge in [0.15, 0.2) is 0 Å². The molecule has 18 heavy (non-hydrogen) atoms. The second kappa shape index (κ2) is 6.45. The highest BCUT2D eigenvalue weighted by Gasteiger charge is 2.12. The smallest absolute Gasteiger partial charge is 0.0965 e. The van der Waals surface area contributed by atoms with Gasteiger partial charge >= 0.3 is 0 Å². The Bertz CT molecular complexity index is 462. The monoisotopic (exact) mass is 280 g/mol. The van der Waals surface area contributed by atoms with E-state index >= 15 is 0 Å². The summed E-state index contributed by atoms with van der Waals surface area (Å²) in [5.41, 5.74) is 0. The van der Waals surface area contributed by atoms with E-state index in [0.717, 1.165) is 13.0 Å². The summed E-state index contributed by atoms with van der Waals surface area (Å²) in [4.78, 5) is 7.26. The summed E-state index contributed by atoms with van der Waals surface area (Å²) in [5.74, 6) is 0.484. The van der Waals surface area contributed by atoms with Crippen LogP contribution < -0.4 is 5.32 Å². The Kier molecular flexibility index (Phi) is 4.92. The van der Waals surface area contributed by atoms with Crippen LogP contribution in [0.3, 0.4) is 0 Å². The summed E-state index contributed by atoms with van der Waals surface area (Å²) < 4.78 is 0. The molecular formula is C14H20N2S2. The zero-order chi connectivity index (χ0) is 13.0. The first-order valence-corrected chi connectivity index (χ1v) is 8.11. The predicted octanol–water partition coefficient (Wildman–Crippen LogP) is 4.22. The number of nitrogens with zero attached hydrogens (tertiary/aromatic N) is 1. The van der Waals surface area contributed by atoms with E-state index in [1.807, 2.05) is 22.9 Å². The number of hydrogen-bond donors (Lipinski definition) is 1. The molecule has 0 aliphatic carbocycles. The van der Waals surface area contributed by atoms with Crippen molar-refractivity contribution in [3.8, 4) is 0 Å². The van der Waals surface area contributed by atoms with Crippen LogP contribution in [-0.2, 0) is 6.42 Å². The molecule has 2 rings (SSSR count). The van der Waals surface area contributed by atoms with Gasteiger partial charge in [0.25, 0.3) is 0 Å². The molecule has 0 bridgehead atoms. The Morgan fingerprint density at radius 3 is 2.78 bits per heavy atom. The van der Waals surface area contributed by atoms with Gasteiger partial charge in [-0.3, -0.25) is 0 Å². The van der Waals surface area contributed by atoms with Crippen LogP contribution in [0.4, 0.5) is 0 Å². The van der Waals surface area contributed by atoms with Crippen LogP contribution in [0.5, 0.6) is 0 Å². The van der Waals surface area contributed by atoms with Gasteiger partial charge < -0.3 is 5.32 Å². The van der Waals surface area contributed by atoms with E-state index in [2.05, 4.69) is 43.2 Å². The molecular weight excluding hydrogens is 260 g/mol. The van der Waals surface area contributed by atoms with E-state index in [4.69, 9.17) is 0 Å². The van der Waals surface area contributed by atoms with Crippen LogP contribution in [0.2, 0.25) is 0 Å². The SMILES string of the molecule is CCc1ccc(C(C)NCC(C)c2nccs2)s1. The average Bonchev–Trinajstić information content (AvgIpc) is 3.05. The molecule has 0 radical (unpaired) electrons. The standard InChI is InChI=1S/C14H20N2S2/c1-4-12-5-6-13(18-12)11(3)16-9-10(2)14-15-7-8-17-14/h5-8,10-11,16H,4,9H2,1-3H3. The molecule has 98 valence electrons. The zero-order valence-corrected chi connectivity index (χ0v) is 12.8. The lowest BCUT2D eigenvalue weighted by molar-refractivity contribution is 0.542. The highest BCUT2D eigenvalue weighted by molar-refractivity contribution is 7.12. The van der Waals surface area contributed by atoms with Crippen molar-refractivity contribution >= 4 is 22.7 Å². The van der Waals surface area contributed by atoms with Gasteiger partial charge in [-0.05, 0) is 25.5 Å². The number of rotatable bonds is 6. The zero-order valence-electron chi connectivity index (χ0n) is 11.1. The molecule has 1 N–H and O–H groups in total. The Balaban J connectivity index is 1.86. The topological polar surface area (TPSA) is 24.9 Å². The van der Waals surface area contributed by atoms with E-state index in [-0.39, 0.29) is 0 Å². The van der Waals surface area contributed by atoms with Gasteiger partial charge in [-0.25, -0.2) is 4.98 Å². The maximum absolute atomic E-state index is 4.37. The number of hydrogen-bond acceptors (Lipinski definition) is 4. The van der Waals surface area contributed by atoms with Crippen LogP contribution in [0.1, 0.15) is 47.5 Å². The van der Waals surface area contributed by atoms with Gasteiger partial charge in [0.05, 0.1) is 5.01 Å². The Hall–Kier alpha value is -0.710. The maximum Gasteiger partial charge on any atom is 0.0965 e. The molecule has 2 unspecified atom stereocenters. The summed E-state index contributed by atoms with van der Waals surface area (Å²) in [5, 5.41) is 6.86. The van der Waals surface area contributed by atoms with Crippen molar-refractivity contribution in [1.29, 1.82) is 0 Å². The minimum Gasteiger partial charge on any atom is -0.309 e. The van der Waals surface area contributed by atoms with Crippen molar-refractivity contribution in [1.82, 2.24) is 10.3 Å². The number of nitrogens with one attached hydrogen (secondary N) is 1. The fourth-order valence-corrected chi connectivity index (χ4v) is 3.51. The third-order valence-corrected chi connectivity index (χ3v) is 5.48. The normalized spacial score (nSPS) is 14.6. The lowest BCUT2D eigenvalue weighted by Crippen LogP contribution is -2.22. The fraction of sp³-hybridized carbons (Fsp3) is 0.500. The largest absolute Gasteiger partial charge is 0.309 e. The number of aryl methyl sites for hydroxylation is 1. The van der Waals surface area contributed by atoms with Crippen molar-refractivity contribution in [2.45, 2.75) is 39.2 Å². The molecule has 0 spiro atoms. The van der Waals surface area contributed by atoms with Gasteiger partial charge in [0, 0.05) is 39.8 Å². The first-order chi connectivity index (χ1) is 8.70. The van der Waals surface area contributed by atoms with Gasteiger partial charge in [-0.1, -0.05) is 13.8 Å². The van der Waals surface area contributed by atoms with Gasteiger partial charge in [0.1, 0.15) is 0 Å². The quantitative estimate of drug-likeness (QED) is 0.857. The first kappa shape index (κ1) is 13.7. The summed E-state index contributed by atoms with van der Waals surface area (Å²) in [6.07, 6.45) is 3.01. The minimum atomic E-state index is 0.428. The lowest BCUT2D eigenvalue weighted by Gasteiger charge is -2.15. The van der Waals surface area contributed by atoms with Crippen molar-refractivity contribution in [3.05, 3.63) is 38.5 Å². The molecule has 2 aromatic rings. The maximum atomic E-state index is 4.37. The second-order valence-corrected chi connectivity index (χ2v) is 6.69. The molecule has 0 amide bonds. The van der Waals surface area contributed by atoms with Gasteiger partial charge in [-0.2, -0.15) is 0 Å². The van der Waals surface area contributed by atoms with E-state index in [0.29, 0.717) is 12.0 Å². The molecule has 0 aliphatic heterocycles. The van der Waals surface area contributed by atoms with E-state index in [1.54, 1.807) is 11.3 Å². The highest BCUT2D eigenvalue weighted by Crippen LogP contribution is 2.24. The van der Waals surface area contributed by atoms with Crippen molar-refractivity contribution < 1.29 is 0 Å². The Morgan fingerprint density at radius 2 is 2.17 bits per heavy atom. The van der Waals surface area contributed by atoms with E-state index in [1.165, 1.54) is 14.8 Å². The molecule has 0 aliphatic rings. The third kappa shape index (κ3) is 3.40. The number of aromatic nitrogens is 1. The van der Waals surface area contributed by atoms with Gasteiger partial charge in [0.2, 0.25) is 0 Å². The number of thiazole rings is 1. The minimum absolute atomic E-state index is 0.428. The second-order valence-electron chi connectivity index (χ2n) is 4.56. The lowest BCUT2D eigenvalue weighted by atomic mass is 10.1. The summed E-state index contributed by atoms with van der Waals surface area (Å²) in [6.45, 7) is 7.65. The molecule has 4 heteroatoms. The summed E-state index contributed by atoms with van der Waals surface area (Å²) in [7, 11) is 0. The molecule has 2 nitrogen and oxygen atoms in total. The molecule has 2 aromatic heterocycles. The van der Waals surface area contributed by atoms with E-state index in [9.17, 15) is 0 Å². The van der Waals surface area contributed by atoms with E-state index < -0.39 is 0 Å². The molecule has 0 fully saturated rings. The molecule has 0 saturated carbocycles. The van der Waals surface area contributed by atoms with Crippen LogP contribution in [0, 0.1) is 0 Å². The highest BCUT2D eigenvalue weighted by atomic mass is 32.1. The molecule has 0 aromatic carbocycles. The van der Waals surface area contributed by atoms with Crippen molar-refractivity contribution in [2.24, 2.45) is 0 Å². The number of thiophene rings is 1. The first-order valence-electron chi connectivity index (χ1n) is 6.42. The predicted molar refractivity (Wildman–Crippen MR) is 80.6 cm³/mol. The third-order valence-electron chi connectivity index (χ3n) is 3.06. The van der Waals surface area contributed by atoms with Crippen LogP contribution in [0.25, 0.3) is 0 Å². The Labute approximate surface area is 117 Å². The Morgan fingerprint density at radius 1 is 1.33 bits per heavy atom. The summed E-state index contributed by atoms with van der Waals surface area (Å²) in [6, 6.07) is 4.91. The van der Waals surface area contributed by atoms with Crippen LogP contribution in [0.15, 0.2) is 23.7 Å². The molecule has 0 saturated heterocycles. The van der Waals surface area contributed by atoms with Crippen LogP contribution >= 0.6 is 22.7 Å². The van der Waals surface area contributed by atoms with Gasteiger partial charge in [-0.15, -0.1) is 22.7 Å². The fourth-order valence-electron chi connectivity index (χ4n) is 1.84. The summed E-state index contributed by atoms with van der Waals surface area (Å²) >= 11 is 3.65. The molecule has 2 heterocycles. The van der Waals surface area contributed by atoms with Crippen molar-refractivity contribution in [3.63, 3.8) is 0 Å². The van der Waals surface area contributed by atoms with Crippen LogP contribution in [-0.4, -0.2) is 11.5 Å². The van der Waals surface area contributed by atoms with Crippen molar-refractivity contribution in [2.75, 3.05) is 6.54 Å². The average molecular weight is 280 g/mol.